The van der Waals surface area contributed by atoms with Crippen LogP contribution in [0.5, 0.6) is 0 Å². The van der Waals surface area contributed by atoms with Crippen molar-refractivity contribution < 1.29 is 0 Å². The number of hydrogen-bond acceptors (Lipinski definition) is 2. The van der Waals surface area contributed by atoms with Gasteiger partial charge in [-0.15, -0.1) is 0 Å². The van der Waals surface area contributed by atoms with E-state index >= 15 is 0 Å². The second-order valence-corrected chi connectivity index (χ2v) is 4.94. The number of rotatable bonds is 1. The van der Waals surface area contributed by atoms with Crippen LogP contribution < -0.4 is 10.2 Å². The SMILES string of the molecule is CC1CCNCCN1c1cccc(Cl)c1Cl. The Bertz CT molecular complexity index is 368. The molecule has 1 heterocycles. The van der Waals surface area contributed by atoms with Crippen molar-refractivity contribution >= 4 is 28.9 Å². The van der Waals surface area contributed by atoms with Crippen molar-refractivity contribution in [3.63, 3.8) is 0 Å². The van der Waals surface area contributed by atoms with Gasteiger partial charge in [-0.05, 0) is 32.0 Å². The average Bonchev–Trinajstić information content (AvgIpc) is 2.47. The van der Waals surface area contributed by atoms with Crippen LogP contribution in [0.15, 0.2) is 18.2 Å². The predicted octanol–water partition coefficient (Wildman–Crippen LogP) is 3.18. The van der Waals surface area contributed by atoms with E-state index in [9.17, 15) is 0 Å². The molecule has 0 bridgehead atoms. The second kappa shape index (κ2) is 5.26. The fourth-order valence-corrected chi connectivity index (χ4v) is 2.49. The highest BCUT2D eigenvalue weighted by Gasteiger charge is 2.19. The lowest BCUT2D eigenvalue weighted by molar-refractivity contribution is 0.631. The molecule has 1 aromatic rings. The molecule has 1 aliphatic heterocycles. The molecule has 0 aliphatic carbocycles. The molecule has 0 aromatic heterocycles. The number of nitrogens with zero attached hydrogens (tertiary/aromatic N) is 1. The lowest BCUT2D eigenvalue weighted by Crippen LogP contribution is -2.34. The van der Waals surface area contributed by atoms with E-state index in [4.69, 9.17) is 23.2 Å². The number of nitrogens with one attached hydrogen (secondary N) is 1. The van der Waals surface area contributed by atoms with Gasteiger partial charge in [0.1, 0.15) is 0 Å². The first kappa shape index (κ1) is 12.0. The summed E-state index contributed by atoms with van der Waals surface area (Å²) in [6.45, 7) is 5.26. The van der Waals surface area contributed by atoms with E-state index in [2.05, 4.69) is 17.1 Å². The van der Waals surface area contributed by atoms with Crippen molar-refractivity contribution in [2.24, 2.45) is 0 Å². The van der Waals surface area contributed by atoms with Crippen LogP contribution in [-0.2, 0) is 0 Å². The Morgan fingerprint density at radius 3 is 2.94 bits per heavy atom. The quantitative estimate of drug-likeness (QED) is 0.833. The molecule has 2 nitrogen and oxygen atoms in total. The molecule has 0 amide bonds. The highest BCUT2D eigenvalue weighted by molar-refractivity contribution is 6.43. The molecule has 0 saturated carbocycles. The number of hydrogen-bond donors (Lipinski definition) is 1. The van der Waals surface area contributed by atoms with E-state index < -0.39 is 0 Å². The summed E-state index contributed by atoms with van der Waals surface area (Å²) in [5, 5.41) is 4.69. The predicted molar refractivity (Wildman–Crippen MR) is 70.8 cm³/mol. The van der Waals surface area contributed by atoms with Crippen LogP contribution in [-0.4, -0.2) is 25.7 Å². The third-order valence-corrected chi connectivity index (χ3v) is 3.85. The molecule has 0 radical (unpaired) electrons. The van der Waals surface area contributed by atoms with Crippen LogP contribution in [0, 0.1) is 0 Å². The van der Waals surface area contributed by atoms with Gasteiger partial charge in [0.2, 0.25) is 0 Å². The monoisotopic (exact) mass is 258 g/mol. The Morgan fingerprint density at radius 1 is 1.31 bits per heavy atom. The van der Waals surface area contributed by atoms with Crippen LogP contribution in [0.1, 0.15) is 13.3 Å². The molecule has 1 fully saturated rings. The van der Waals surface area contributed by atoms with E-state index in [0.29, 0.717) is 16.1 Å². The third kappa shape index (κ3) is 2.45. The van der Waals surface area contributed by atoms with Crippen LogP contribution in [0.3, 0.4) is 0 Å². The summed E-state index contributed by atoms with van der Waals surface area (Å²) >= 11 is 12.3. The zero-order valence-corrected chi connectivity index (χ0v) is 10.9. The number of anilines is 1. The van der Waals surface area contributed by atoms with Gasteiger partial charge in [0.05, 0.1) is 15.7 Å². The molecule has 1 unspecified atom stereocenters. The Morgan fingerprint density at radius 2 is 2.12 bits per heavy atom. The summed E-state index contributed by atoms with van der Waals surface area (Å²) in [6.07, 6.45) is 1.13. The Balaban J connectivity index is 2.30. The second-order valence-electron chi connectivity index (χ2n) is 4.15. The van der Waals surface area contributed by atoms with E-state index in [-0.39, 0.29) is 0 Å². The van der Waals surface area contributed by atoms with Gasteiger partial charge in [-0.2, -0.15) is 0 Å². The summed E-state index contributed by atoms with van der Waals surface area (Å²) in [5.74, 6) is 0. The molecule has 1 saturated heterocycles. The summed E-state index contributed by atoms with van der Waals surface area (Å²) in [4.78, 5) is 2.33. The summed E-state index contributed by atoms with van der Waals surface area (Å²) in [5.41, 5.74) is 1.05. The molecule has 16 heavy (non-hydrogen) atoms. The molecular weight excluding hydrogens is 243 g/mol. The van der Waals surface area contributed by atoms with Crippen molar-refractivity contribution in [1.29, 1.82) is 0 Å². The fraction of sp³-hybridized carbons (Fsp3) is 0.500. The molecule has 88 valence electrons. The number of halogens is 2. The minimum atomic E-state index is 0.492. The van der Waals surface area contributed by atoms with Crippen LogP contribution >= 0.6 is 23.2 Å². The maximum atomic E-state index is 6.25. The highest BCUT2D eigenvalue weighted by Crippen LogP contribution is 2.33. The van der Waals surface area contributed by atoms with Gasteiger partial charge in [-0.1, -0.05) is 29.3 Å². The normalized spacial score (nSPS) is 21.9. The molecule has 1 aliphatic rings. The molecule has 2 rings (SSSR count). The van der Waals surface area contributed by atoms with Gasteiger partial charge in [-0.25, -0.2) is 0 Å². The maximum absolute atomic E-state index is 6.25. The topological polar surface area (TPSA) is 15.3 Å². The van der Waals surface area contributed by atoms with E-state index in [1.807, 2.05) is 18.2 Å². The van der Waals surface area contributed by atoms with Crippen LogP contribution in [0.25, 0.3) is 0 Å². The highest BCUT2D eigenvalue weighted by atomic mass is 35.5. The molecule has 0 spiro atoms. The van der Waals surface area contributed by atoms with Gasteiger partial charge >= 0.3 is 0 Å². The van der Waals surface area contributed by atoms with Crippen molar-refractivity contribution in [1.82, 2.24) is 5.32 Å². The van der Waals surface area contributed by atoms with Gasteiger partial charge in [0.25, 0.3) is 0 Å². The van der Waals surface area contributed by atoms with E-state index in [0.717, 1.165) is 31.7 Å². The molecular formula is C12H16Cl2N2. The minimum Gasteiger partial charge on any atom is -0.366 e. The Kier molecular flexibility index (Phi) is 3.95. The first-order valence-electron chi connectivity index (χ1n) is 5.61. The Hall–Kier alpha value is -0.440. The summed E-state index contributed by atoms with van der Waals surface area (Å²) < 4.78 is 0. The minimum absolute atomic E-state index is 0.492. The first-order valence-corrected chi connectivity index (χ1v) is 6.37. The molecule has 1 N–H and O–H groups in total. The largest absolute Gasteiger partial charge is 0.366 e. The molecule has 4 heteroatoms. The van der Waals surface area contributed by atoms with E-state index in [1.165, 1.54) is 0 Å². The zero-order valence-electron chi connectivity index (χ0n) is 9.34. The van der Waals surface area contributed by atoms with Crippen molar-refractivity contribution in [3.05, 3.63) is 28.2 Å². The zero-order chi connectivity index (χ0) is 11.5. The van der Waals surface area contributed by atoms with Crippen LogP contribution in [0.2, 0.25) is 10.0 Å². The average molecular weight is 259 g/mol. The maximum Gasteiger partial charge on any atom is 0.0825 e. The van der Waals surface area contributed by atoms with Gasteiger partial charge in [0, 0.05) is 19.1 Å². The van der Waals surface area contributed by atoms with Crippen molar-refractivity contribution in [2.45, 2.75) is 19.4 Å². The third-order valence-electron chi connectivity index (χ3n) is 3.04. The first-order chi connectivity index (χ1) is 7.70. The molecule has 1 aromatic carbocycles. The van der Waals surface area contributed by atoms with Crippen molar-refractivity contribution in [3.8, 4) is 0 Å². The van der Waals surface area contributed by atoms with E-state index in [1.54, 1.807) is 0 Å². The van der Waals surface area contributed by atoms with Gasteiger partial charge in [0.15, 0.2) is 0 Å². The fourth-order valence-electron chi connectivity index (χ4n) is 2.08. The summed E-state index contributed by atoms with van der Waals surface area (Å²) in [7, 11) is 0. The number of benzene rings is 1. The smallest absolute Gasteiger partial charge is 0.0825 e. The summed E-state index contributed by atoms with van der Waals surface area (Å²) in [6, 6.07) is 6.31. The Labute approximate surface area is 107 Å². The van der Waals surface area contributed by atoms with Crippen LogP contribution in [0.4, 0.5) is 5.69 Å². The van der Waals surface area contributed by atoms with Gasteiger partial charge in [-0.3, -0.25) is 0 Å². The molecule has 1 atom stereocenters. The lowest BCUT2D eigenvalue weighted by atomic mass is 10.2. The van der Waals surface area contributed by atoms with Crippen molar-refractivity contribution in [2.75, 3.05) is 24.5 Å². The van der Waals surface area contributed by atoms with Gasteiger partial charge < -0.3 is 10.2 Å². The lowest BCUT2D eigenvalue weighted by Gasteiger charge is -2.30. The standard InChI is InChI=1S/C12H16Cl2N2/c1-9-5-6-15-7-8-16(9)11-4-2-3-10(13)12(11)14/h2-4,9,15H,5-8H2,1H3.